The Morgan fingerprint density at radius 1 is 1.12 bits per heavy atom. The molecule has 0 bridgehead atoms. The van der Waals surface area contributed by atoms with Crippen LogP contribution in [-0.2, 0) is 12.8 Å². The summed E-state index contributed by atoms with van der Waals surface area (Å²) in [6, 6.07) is 12.7. The third kappa shape index (κ3) is 7.82. The lowest BCUT2D eigenvalue weighted by Crippen LogP contribution is -2.27. The van der Waals surface area contributed by atoms with Gasteiger partial charge < -0.3 is 10.2 Å². The second kappa shape index (κ2) is 13.8. The summed E-state index contributed by atoms with van der Waals surface area (Å²) in [5.41, 5.74) is 8.61. The first kappa shape index (κ1) is 29.5. The zero-order valence-electron chi connectivity index (χ0n) is 24.8. The molecule has 0 fully saturated rings. The molecule has 0 atom stereocenters. The Morgan fingerprint density at radius 2 is 1.95 bits per heavy atom. The van der Waals surface area contributed by atoms with E-state index in [4.69, 9.17) is 4.98 Å². The van der Waals surface area contributed by atoms with Crippen LogP contribution in [0.4, 0.5) is 11.5 Å². The Bertz CT molecular complexity index is 1520. The minimum absolute atomic E-state index is 0.564. The van der Waals surface area contributed by atoms with Gasteiger partial charge in [-0.05, 0) is 80.8 Å². The number of nitrogens with zero attached hydrogens (tertiary/aromatic N) is 6. The second-order valence-electron chi connectivity index (χ2n) is 11.2. The molecule has 41 heavy (non-hydrogen) atoms. The van der Waals surface area contributed by atoms with E-state index in [1.54, 1.807) is 6.20 Å². The molecule has 4 aromatic rings. The number of pyridine rings is 3. The third-order valence-corrected chi connectivity index (χ3v) is 7.06. The van der Waals surface area contributed by atoms with Crippen molar-refractivity contribution < 1.29 is 0 Å². The lowest BCUT2D eigenvalue weighted by Gasteiger charge is -2.24. The van der Waals surface area contributed by atoms with Gasteiger partial charge in [0.05, 0.1) is 29.2 Å². The van der Waals surface area contributed by atoms with E-state index in [0.717, 1.165) is 90.3 Å². The summed E-state index contributed by atoms with van der Waals surface area (Å²) in [6.07, 6.45) is 12.2. The maximum absolute atomic E-state index is 9.72. The number of nitriles is 1. The van der Waals surface area contributed by atoms with Crippen LogP contribution >= 0.6 is 0 Å². The van der Waals surface area contributed by atoms with E-state index < -0.39 is 0 Å². The van der Waals surface area contributed by atoms with Crippen molar-refractivity contribution in [1.82, 2.24) is 19.6 Å². The minimum atomic E-state index is 0.564. The molecular formula is C34H41N7. The second-order valence-corrected chi connectivity index (χ2v) is 11.2. The lowest BCUT2D eigenvalue weighted by atomic mass is 9.99. The number of hydrogen-bond donors (Lipinski definition) is 1. The summed E-state index contributed by atoms with van der Waals surface area (Å²) < 4.78 is 1.83. The zero-order chi connectivity index (χ0) is 29.4. The van der Waals surface area contributed by atoms with Gasteiger partial charge in [0.1, 0.15) is 11.9 Å². The molecule has 0 radical (unpaired) electrons. The molecule has 1 N–H and O–H groups in total. The molecule has 0 aliphatic heterocycles. The molecule has 0 aromatic carbocycles. The number of allylic oxidation sites excluding steroid dienone is 1. The Morgan fingerprint density at radius 3 is 2.59 bits per heavy atom. The molecule has 0 unspecified atom stereocenters. The maximum Gasteiger partial charge on any atom is 0.128 e. The number of rotatable bonds is 14. The molecule has 0 saturated carbocycles. The van der Waals surface area contributed by atoms with Crippen molar-refractivity contribution in [3.8, 4) is 17.2 Å². The summed E-state index contributed by atoms with van der Waals surface area (Å²) in [5, 5.41) is 17.6. The summed E-state index contributed by atoms with van der Waals surface area (Å²) in [7, 11) is 0. The van der Waals surface area contributed by atoms with Gasteiger partial charge in [0.25, 0.3) is 0 Å². The van der Waals surface area contributed by atoms with Crippen LogP contribution in [0.3, 0.4) is 0 Å². The number of nitrogens with one attached hydrogen (secondary N) is 1. The van der Waals surface area contributed by atoms with Gasteiger partial charge in [-0.15, -0.1) is 0 Å². The number of hydrogen-bond acceptors (Lipinski definition) is 6. The summed E-state index contributed by atoms with van der Waals surface area (Å²) in [6.45, 7) is 18.5. The first-order chi connectivity index (χ1) is 19.8. The fourth-order valence-electron chi connectivity index (χ4n) is 4.86. The number of anilines is 2. The van der Waals surface area contributed by atoms with E-state index in [-0.39, 0.29) is 0 Å². The summed E-state index contributed by atoms with van der Waals surface area (Å²) in [4.78, 5) is 11.6. The Balaban J connectivity index is 1.49. The topological polar surface area (TPSA) is 82.1 Å². The van der Waals surface area contributed by atoms with E-state index in [9.17, 15) is 5.26 Å². The van der Waals surface area contributed by atoms with Crippen molar-refractivity contribution in [2.75, 3.05) is 23.3 Å². The van der Waals surface area contributed by atoms with Crippen LogP contribution in [0.2, 0.25) is 0 Å². The minimum Gasteiger partial charge on any atom is -0.358 e. The Kier molecular flexibility index (Phi) is 9.91. The highest BCUT2D eigenvalue weighted by atomic mass is 15.2. The van der Waals surface area contributed by atoms with Gasteiger partial charge in [0, 0.05) is 48.0 Å². The van der Waals surface area contributed by atoms with Crippen molar-refractivity contribution in [3.63, 3.8) is 0 Å². The highest BCUT2D eigenvalue weighted by molar-refractivity contribution is 5.84. The highest BCUT2D eigenvalue weighted by Gasteiger charge is 2.15. The molecule has 7 nitrogen and oxygen atoms in total. The van der Waals surface area contributed by atoms with Crippen LogP contribution in [0.15, 0.2) is 79.5 Å². The SMILES string of the molecule is C=C(C)CN(CCCC(=C)Nc1ccc(CC)nc1)c1ccc(-c2cc(CCC(C)C)cn3ncc(C#N)c23)cn1. The largest absolute Gasteiger partial charge is 0.358 e. The van der Waals surface area contributed by atoms with Crippen LogP contribution in [-0.4, -0.2) is 32.7 Å². The zero-order valence-corrected chi connectivity index (χ0v) is 24.8. The molecule has 4 rings (SSSR count). The van der Waals surface area contributed by atoms with Gasteiger partial charge in [-0.2, -0.15) is 10.4 Å². The Hall–Kier alpha value is -4.44. The van der Waals surface area contributed by atoms with Crippen LogP contribution in [0.1, 0.15) is 63.8 Å². The van der Waals surface area contributed by atoms with Crippen molar-refractivity contribution in [2.45, 2.75) is 59.8 Å². The van der Waals surface area contributed by atoms with Crippen LogP contribution in [0, 0.1) is 17.2 Å². The van der Waals surface area contributed by atoms with E-state index >= 15 is 0 Å². The lowest BCUT2D eigenvalue weighted by molar-refractivity contribution is 0.585. The quantitative estimate of drug-likeness (QED) is 0.164. The van der Waals surface area contributed by atoms with Gasteiger partial charge in [0.2, 0.25) is 0 Å². The first-order valence-corrected chi connectivity index (χ1v) is 14.4. The van der Waals surface area contributed by atoms with E-state index in [2.05, 4.69) is 78.5 Å². The maximum atomic E-state index is 9.72. The van der Waals surface area contributed by atoms with Gasteiger partial charge in [0.15, 0.2) is 0 Å². The monoisotopic (exact) mass is 547 g/mol. The molecule has 212 valence electrons. The van der Waals surface area contributed by atoms with Crippen LogP contribution < -0.4 is 10.2 Å². The number of aromatic nitrogens is 4. The molecule has 4 heterocycles. The van der Waals surface area contributed by atoms with Gasteiger partial charge in [-0.1, -0.05) is 39.5 Å². The van der Waals surface area contributed by atoms with Crippen molar-refractivity contribution >= 4 is 17.0 Å². The highest BCUT2D eigenvalue weighted by Crippen LogP contribution is 2.30. The summed E-state index contributed by atoms with van der Waals surface area (Å²) >= 11 is 0. The number of fused-ring (bicyclic) bond motifs is 1. The third-order valence-electron chi connectivity index (χ3n) is 7.06. The smallest absolute Gasteiger partial charge is 0.128 e. The predicted molar refractivity (Wildman–Crippen MR) is 169 cm³/mol. The van der Waals surface area contributed by atoms with E-state index in [1.807, 2.05) is 42.2 Å². The molecule has 0 amide bonds. The van der Waals surface area contributed by atoms with E-state index in [1.165, 1.54) is 5.56 Å². The molecule has 7 heteroatoms. The molecule has 0 aliphatic rings. The average Bonchev–Trinajstić information content (AvgIpc) is 3.38. The predicted octanol–water partition coefficient (Wildman–Crippen LogP) is 7.60. The average molecular weight is 548 g/mol. The molecule has 4 aromatic heterocycles. The molecule has 0 aliphatic carbocycles. The van der Waals surface area contributed by atoms with Crippen molar-refractivity contribution in [3.05, 3.63) is 96.4 Å². The Labute approximate surface area is 244 Å². The summed E-state index contributed by atoms with van der Waals surface area (Å²) in [5.74, 6) is 1.51. The van der Waals surface area contributed by atoms with Crippen LogP contribution in [0.25, 0.3) is 16.6 Å². The van der Waals surface area contributed by atoms with Gasteiger partial charge >= 0.3 is 0 Å². The molecule has 0 saturated heterocycles. The van der Waals surface area contributed by atoms with Crippen molar-refractivity contribution in [2.24, 2.45) is 5.92 Å². The van der Waals surface area contributed by atoms with E-state index in [0.29, 0.717) is 11.5 Å². The van der Waals surface area contributed by atoms with Crippen molar-refractivity contribution in [1.29, 1.82) is 5.26 Å². The van der Waals surface area contributed by atoms with Gasteiger partial charge in [-0.25, -0.2) is 9.50 Å². The first-order valence-electron chi connectivity index (χ1n) is 14.4. The standard InChI is InChI=1S/C34H41N7/c1-7-30-13-14-31(21-36-30)39-26(6)9-8-16-40(22-25(4)5)33-15-12-28(19-37-33)32-17-27(11-10-24(2)3)23-41-34(32)29(18-35)20-38-41/h12-15,17,19-21,23-24,39H,4,6-11,16,22H2,1-3,5H3. The fraction of sp³-hybridized carbons (Fsp3) is 0.353. The normalized spacial score (nSPS) is 11.0. The molecular weight excluding hydrogens is 506 g/mol. The molecule has 0 spiro atoms. The van der Waals surface area contributed by atoms with Crippen LogP contribution in [0.5, 0.6) is 0 Å². The fourth-order valence-corrected chi connectivity index (χ4v) is 4.86. The van der Waals surface area contributed by atoms with Gasteiger partial charge in [-0.3, -0.25) is 4.98 Å². The number of aryl methyl sites for hydroxylation is 2.